The molecule has 3 nitrogen and oxygen atoms in total. The molecular weight excluding hydrogens is 274 g/mol. The van der Waals surface area contributed by atoms with Crippen molar-refractivity contribution in [3.05, 3.63) is 64.7 Å². The van der Waals surface area contributed by atoms with Gasteiger partial charge in [-0.25, -0.2) is 0 Å². The molecule has 112 valence electrons. The molecule has 0 N–H and O–H groups in total. The van der Waals surface area contributed by atoms with E-state index < -0.39 is 0 Å². The third-order valence-electron chi connectivity index (χ3n) is 3.98. The molecular formula is C19H19NO2. The number of hydrogen-bond donors (Lipinski definition) is 0. The molecule has 3 heteroatoms. The summed E-state index contributed by atoms with van der Waals surface area (Å²) in [5.74, 6) is 0.734. The van der Waals surface area contributed by atoms with E-state index in [1.54, 1.807) is 7.11 Å². The molecule has 22 heavy (non-hydrogen) atoms. The molecule has 0 aliphatic heterocycles. The molecule has 0 bridgehead atoms. The van der Waals surface area contributed by atoms with Gasteiger partial charge in [-0.05, 0) is 35.4 Å². The first-order valence-corrected chi connectivity index (χ1v) is 7.28. The van der Waals surface area contributed by atoms with E-state index in [0.29, 0.717) is 17.7 Å². The van der Waals surface area contributed by atoms with Crippen molar-refractivity contribution in [2.24, 2.45) is 0 Å². The largest absolute Gasteiger partial charge is 0.496 e. The zero-order valence-corrected chi connectivity index (χ0v) is 13.1. The highest BCUT2D eigenvalue weighted by Crippen LogP contribution is 2.34. The van der Waals surface area contributed by atoms with Crippen molar-refractivity contribution in [2.45, 2.75) is 6.42 Å². The van der Waals surface area contributed by atoms with Gasteiger partial charge in [-0.15, -0.1) is 0 Å². The number of carbonyl (C=O) groups excluding carboxylic acids is 1. The molecule has 0 heterocycles. The van der Waals surface area contributed by atoms with Crippen LogP contribution >= 0.6 is 0 Å². The Labute approximate surface area is 130 Å². The van der Waals surface area contributed by atoms with Crippen LogP contribution in [-0.2, 0) is 6.42 Å². The minimum Gasteiger partial charge on any atom is -0.496 e. The second-order valence-electron chi connectivity index (χ2n) is 5.66. The Balaban J connectivity index is 1.92. The number of ketones is 1. The number of benzene rings is 2. The molecule has 1 aliphatic rings. The lowest BCUT2D eigenvalue weighted by Crippen LogP contribution is -2.07. The van der Waals surface area contributed by atoms with E-state index >= 15 is 0 Å². The highest BCUT2D eigenvalue weighted by molar-refractivity contribution is 6.17. The number of anilines is 1. The van der Waals surface area contributed by atoms with Crippen LogP contribution in [-0.4, -0.2) is 27.0 Å². The molecule has 0 saturated heterocycles. The number of fused-ring (bicyclic) bond motifs is 1. The fourth-order valence-electron chi connectivity index (χ4n) is 2.78. The first-order chi connectivity index (χ1) is 10.6. The van der Waals surface area contributed by atoms with Crippen LogP contribution < -0.4 is 9.64 Å². The molecule has 0 saturated carbocycles. The number of rotatable bonds is 3. The van der Waals surface area contributed by atoms with Crippen molar-refractivity contribution in [3.8, 4) is 5.75 Å². The van der Waals surface area contributed by atoms with Gasteiger partial charge in [-0.3, -0.25) is 4.79 Å². The van der Waals surface area contributed by atoms with Crippen LogP contribution in [0.5, 0.6) is 5.75 Å². The number of nitrogens with zero attached hydrogens (tertiary/aromatic N) is 1. The lowest BCUT2D eigenvalue weighted by atomic mass is 10.1. The summed E-state index contributed by atoms with van der Waals surface area (Å²) >= 11 is 0. The van der Waals surface area contributed by atoms with Gasteiger partial charge in [-0.2, -0.15) is 0 Å². The normalized spacial score (nSPS) is 15.0. The summed E-state index contributed by atoms with van der Waals surface area (Å²) in [4.78, 5) is 14.7. The number of allylic oxidation sites excluding steroid dienone is 1. The molecule has 0 unspecified atom stereocenters. The Morgan fingerprint density at radius 3 is 2.45 bits per heavy atom. The first-order valence-electron chi connectivity index (χ1n) is 7.28. The number of methoxy groups -OCH3 is 1. The summed E-state index contributed by atoms with van der Waals surface area (Å²) in [5.41, 5.74) is 4.75. The Morgan fingerprint density at radius 2 is 1.82 bits per heavy atom. The lowest BCUT2D eigenvalue weighted by molar-refractivity contribution is 0.103. The third kappa shape index (κ3) is 2.50. The predicted molar refractivity (Wildman–Crippen MR) is 89.8 cm³/mol. The van der Waals surface area contributed by atoms with Gasteiger partial charge >= 0.3 is 0 Å². The van der Waals surface area contributed by atoms with Gasteiger partial charge in [0.15, 0.2) is 5.78 Å². The van der Waals surface area contributed by atoms with Crippen molar-refractivity contribution >= 4 is 17.5 Å². The van der Waals surface area contributed by atoms with E-state index in [1.165, 1.54) is 0 Å². The van der Waals surface area contributed by atoms with E-state index in [2.05, 4.69) is 17.0 Å². The monoisotopic (exact) mass is 293 g/mol. The maximum atomic E-state index is 12.6. The molecule has 2 aromatic carbocycles. The van der Waals surface area contributed by atoms with Crippen LogP contribution in [0.2, 0.25) is 0 Å². The number of carbonyl (C=O) groups is 1. The summed E-state index contributed by atoms with van der Waals surface area (Å²) in [7, 11) is 5.62. The summed E-state index contributed by atoms with van der Waals surface area (Å²) in [6, 6.07) is 13.9. The molecule has 3 rings (SSSR count). The molecule has 0 aromatic heterocycles. The highest BCUT2D eigenvalue weighted by Gasteiger charge is 2.27. The molecule has 0 spiro atoms. The Bertz CT molecular complexity index is 743. The number of ether oxygens (including phenoxy) is 1. The van der Waals surface area contributed by atoms with Crippen molar-refractivity contribution in [1.82, 2.24) is 0 Å². The van der Waals surface area contributed by atoms with Crippen molar-refractivity contribution in [2.75, 3.05) is 26.1 Å². The Hall–Kier alpha value is -2.55. The van der Waals surface area contributed by atoms with E-state index in [9.17, 15) is 4.79 Å². The molecule has 2 aromatic rings. The fraction of sp³-hybridized carbons (Fsp3) is 0.211. The minimum absolute atomic E-state index is 0.0733. The highest BCUT2D eigenvalue weighted by atomic mass is 16.5. The zero-order chi connectivity index (χ0) is 15.7. The zero-order valence-electron chi connectivity index (χ0n) is 13.1. The van der Waals surface area contributed by atoms with E-state index in [0.717, 1.165) is 22.4 Å². The quantitative estimate of drug-likeness (QED) is 0.810. The van der Waals surface area contributed by atoms with Crippen molar-refractivity contribution in [3.63, 3.8) is 0 Å². The molecule has 0 radical (unpaired) electrons. The first kappa shape index (κ1) is 14.4. The second-order valence-corrected chi connectivity index (χ2v) is 5.66. The Morgan fingerprint density at radius 1 is 1.09 bits per heavy atom. The van der Waals surface area contributed by atoms with Crippen LogP contribution in [0.1, 0.15) is 21.5 Å². The van der Waals surface area contributed by atoms with E-state index in [-0.39, 0.29) is 5.78 Å². The van der Waals surface area contributed by atoms with Gasteiger partial charge in [0.1, 0.15) is 5.75 Å². The van der Waals surface area contributed by atoms with Gasteiger partial charge < -0.3 is 9.64 Å². The molecule has 0 amide bonds. The standard InChI is InChI=1S/C19H19NO2/c1-20(2)16-9-7-13(8-10-16)11-15-12-14-5-4-6-17(22-3)18(14)19(15)21/h4-11H,12H2,1-3H3/b15-11+. The predicted octanol–water partition coefficient (Wildman–Crippen LogP) is 3.58. The maximum Gasteiger partial charge on any atom is 0.193 e. The average Bonchev–Trinajstić information content (AvgIpc) is 2.84. The summed E-state index contributed by atoms with van der Waals surface area (Å²) in [6.07, 6.45) is 2.64. The van der Waals surface area contributed by atoms with Gasteiger partial charge in [0.25, 0.3) is 0 Å². The Kier molecular flexibility index (Phi) is 3.72. The maximum absolute atomic E-state index is 12.6. The van der Waals surface area contributed by atoms with Crippen LogP contribution in [0, 0.1) is 0 Å². The average molecular weight is 293 g/mol. The molecule has 1 aliphatic carbocycles. The van der Waals surface area contributed by atoms with Crippen molar-refractivity contribution in [1.29, 1.82) is 0 Å². The third-order valence-corrected chi connectivity index (χ3v) is 3.98. The minimum atomic E-state index is 0.0733. The topological polar surface area (TPSA) is 29.5 Å². The van der Waals surface area contributed by atoms with E-state index in [4.69, 9.17) is 4.74 Å². The van der Waals surface area contributed by atoms with Crippen LogP contribution in [0.15, 0.2) is 48.0 Å². The van der Waals surface area contributed by atoms with Crippen LogP contribution in [0.3, 0.4) is 0 Å². The smallest absolute Gasteiger partial charge is 0.193 e. The fourth-order valence-corrected chi connectivity index (χ4v) is 2.78. The molecule has 0 fully saturated rings. The molecule has 0 atom stereocenters. The van der Waals surface area contributed by atoms with Gasteiger partial charge in [0.05, 0.1) is 12.7 Å². The van der Waals surface area contributed by atoms with E-state index in [1.807, 2.05) is 50.5 Å². The van der Waals surface area contributed by atoms with Crippen molar-refractivity contribution < 1.29 is 9.53 Å². The summed E-state index contributed by atoms with van der Waals surface area (Å²) < 4.78 is 5.31. The summed E-state index contributed by atoms with van der Waals surface area (Å²) in [5, 5.41) is 0. The van der Waals surface area contributed by atoms with Crippen LogP contribution in [0.4, 0.5) is 5.69 Å². The van der Waals surface area contributed by atoms with Gasteiger partial charge in [0.2, 0.25) is 0 Å². The lowest BCUT2D eigenvalue weighted by Gasteiger charge is -2.11. The van der Waals surface area contributed by atoms with Crippen LogP contribution in [0.25, 0.3) is 6.08 Å². The van der Waals surface area contributed by atoms with Gasteiger partial charge in [0, 0.05) is 31.8 Å². The summed E-state index contributed by atoms with van der Waals surface area (Å²) in [6.45, 7) is 0. The van der Waals surface area contributed by atoms with Gasteiger partial charge in [-0.1, -0.05) is 24.3 Å². The SMILES string of the molecule is COc1cccc2c1C(=O)/C(=C/c1ccc(N(C)C)cc1)C2. The second kappa shape index (κ2) is 5.68. The number of hydrogen-bond acceptors (Lipinski definition) is 3. The number of Topliss-reactive ketones (excluding diaryl/α,β-unsaturated/α-hetero) is 1.